The van der Waals surface area contributed by atoms with Crippen LogP contribution in [0.1, 0.15) is 44.6 Å². The Kier molecular flexibility index (Phi) is 10.9. The summed E-state index contributed by atoms with van der Waals surface area (Å²) < 4.78 is 39.4. The highest BCUT2D eigenvalue weighted by molar-refractivity contribution is 7.92. The van der Waals surface area contributed by atoms with Gasteiger partial charge in [-0.1, -0.05) is 61.2 Å². The van der Waals surface area contributed by atoms with Crippen LogP contribution in [0, 0.1) is 0 Å². The van der Waals surface area contributed by atoms with Crippen molar-refractivity contribution in [2.45, 2.75) is 62.6 Å². The van der Waals surface area contributed by atoms with Gasteiger partial charge in [0.25, 0.3) is 10.0 Å². The summed E-state index contributed by atoms with van der Waals surface area (Å²) in [6.45, 7) is 1.20. The Morgan fingerprint density at radius 2 is 1.63 bits per heavy atom. The quantitative estimate of drug-likeness (QED) is 0.288. The van der Waals surface area contributed by atoms with Crippen LogP contribution < -0.4 is 19.1 Å². The molecule has 1 aliphatic carbocycles. The van der Waals surface area contributed by atoms with Crippen molar-refractivity contribution >= 4 is 39.1 Å². The van der Waals surface area contributed by atoms with Gasteiger partial charge in [-0.05, 0) is 67.8 Å². The summed E-state index contributed by atoms with van der Waals surface area (Å²) in [7, 11) is -1.18. The van der Waals surface area contributed by atoms with Gasteiger partial charge in [0, 0.05) is 12.6 Å². The Bertz CT molecular complexity index is 1500. The largest absolute Gasteiger partial charge is 0.497 e. The number of nitrogens with zero attached hydrogens (tertiary/aromatic N) is 2. The molecule has 4 rings (SSSR count). The average Bonchev–Trinajstić information content (AvgIpc) is 3.03. The average molecular weight is 628 g/mol. The van der Waals surface area contributed by atoms with Gasteiger partial charge in [0.2, 0.25) is 11.8 Å². The molecule has 0 radical (unpaired) electrons. The molecule has 1 unspecified atom stereocenters. The zero-order valence-electron chi connectivity index (χ0n) is 24.7. The number of methoxy groups -OCH3 is 2. The summed E-state index contributed by atoms with van der Waals surface area (Å²) in [4.78, 5) is 29.0. The van der Waals surface area contributed by atoms with Crippen LogP contribution in [0.5, 0.6) is 11.5 Å². The lowest BCUT2D eigenvalue weighted by Crippen LogP contribution is -2.53. The first-order valence-electron chi connectivity index (χ1n) is 14.3. The Balaban J connectivity index is 1.69. The number of amides is 2. The maximum absolute atomic E-state index is 14.1. The molecule has 3 aromatic carbocycles. The number of anilines is 1. The molecule has 11 heteroatoms. The minimum Gasteiger partial charge on any atom is -0.497 e. The fraction of sp³-hybridized carbons (Fsp3) is 0.375. The molecular formula is C32H38ClN3O6S. The van der Waals surface area contributed by atoms with Gasteiger partial charge in [-0.2, -0.15) is 0 Å². The van der Waals surface area contributed by atoms with Crippen molar-refractivity contribution in [2.24, 2.45) is 0 Å². The van der Waals surface area contributed by atoms with E-state index in [0.717, 1.165) is 42.0 Å². The van der Waals surface area contributed by atoms with Crippen molar-refractivity contribution in [2.75, 3.05) is 25.1 Å². The van der Waals surface area contributed by atoms with E-state index >= 15 is 0 Å². The number of halogens is 1. The molecule has 0 heterocycles. The minimum absolute atomic E-state index is 0.0135. The van der Waals surface area contributed by atoms with Crippen molar-refractivity contribution < 1.29 is 27.5 Å². The second kappa shape index (κ2) is 14.6. The van der Waals surface area contributed by atoms with E-state index < -0.39 is 28.5 Å². The van der Waals surface area contributed by atoms with Crippen LogP contribution in [-0.4, -0.2) is 58.0 Å². The van der Waals surface area contributed by atoms with E-state index in [1.54, 1.807) is 50.4 Å². The van der Waals surface area contributed by atoms with Gasteiger partial charge < -0.3 is 19.7 Å². The normalized spacial score (nSPS) is 14.4. The van der Waals surface area contributed by atoms with Gasteiger partial charge in [0.1, 0.15) is 24.1 Å². The molecule has 0 spiro atoms. The second-order valence-corrected chi connectivity index (χ2v) is 12.8. The minimum atomic E-state index is -4.20. The molecule has 1 fully saturated rings. The first-order chi connectivity index (χ1) is 20.6. The predicted molar refractivity (Wildman–Crippen MR) is 167 cm³/mol. The standard InChI is InChI=1S/C32H38ClN3O6S/c1-23(32(38)34-25-10-6-4-7-11-25)35(21-24-14-17-27(41-2)18-15-24)31(37)22-36(26-16-19-30(42-3)29(33)20-26)43(39,40)28-12-8-5-9-13-28/h5,8-9,12-20,23,25H,4,6-7,10-11,21-22H2,1-3H3,(H,34,38). The van der Waals surface area contributed by atoms with E-state index in [-0.39, 0.29) is 34.1 Å². The fourth-order valence-corrected chi connectivity index (χ4v) is 6.82. The summed E-state index contributed by atoms with van der Waals surface area (Å²) >= 11 is 6.38. The molecule has 0 aliphatic heterocycles. The van der Waals surface area contributed by atoms with E-state index in [2.05, 4.69) is 5.32 Å². The molecule has 43 heavy (non-hydrogen) atoms. The molecule has 1 N–H and O–H groups in total. The molecule has 2 amide bonds. The molecule has 1 aliphatic rings. The number of carbonyl (C=O) groups is 2. The second-order valence-electron chi connectivity index (χ2n) is 10.5. The van der Waals surface area contributed by atoms with Gasteiger partial charge in [-0.15, -0.1) is 0 Å². The third-order valence-electron chi connectivity index (χ3n) is 7.66. The molecule has 0 saturated heterocycles. The molecule has 0 bridgehead atoms. The Labute approximate surface area is 258 Å². The Morgan fingerprint density at radius 3 is 2.23 bits per heavy atom. The van der Waals surface area contributed by atoms with Gasteiger partial charge in [-0.25, -0.2) is 8.42 Å². The zero-order chi connectivity index (χ0) is 31.0. The fourth-order valence-electron chi connectivity index (χ4n) is 5.14. The molecule has 1 saturated carbocycles. The summed E-state index contributed by atoms with van der Waals surface area (Å²) in [6, 6.07) is 18.8. The summed E-state index contributed by atoms with van der Waals surface area (Å²) in [5, 5.41) is 3.29. The number of hydrogen-bond acceptors (Lipinski definition) is 6. The van der Waals surface area contributed by atoms with E-state index in [0.29, 0.717) is 11.5 Å². The Hall–Kier alpha value is -3.76. The number of ether oxygens (including phenoxy) is 2. The molecule has 3 aromatic rings. The van der Waals surface area contributed by atoms with Crippen LogP contribution in [0.25, 0.3) is 0 Å². The number of rotatable bonds is 12. The Morgan fingerprint density at radius 1 is 0.953 bits per heavy atom. The first-order valence-corrected chi connectivity index (χ1v) is 16.1. The van der Waals surface area contributed by atoms with Crippen LogP contribution in [0.15, 0.2) is 77.7 Å². The summed E-state index contributed by atoms with van der Waals surface area (Å²) in [5.41, 5.74) is 0.947. The monoisotopic (exact) mass is 627 g/mol. The summed E-state index contributed by atoms with van der Waals surface area (Å²) in [6.07, 6.45) is 5.03. The highest BCUT2D eigenvalue weighted by Gasteiger charge is 2.33. The number of hydrogen-bond donors (Lipinski definition) is 1. The number of sulfonamides is 1. The molecule has 230 valence electrons. The molecular weight excluding hydrogens is 590 g/mol. The van der Waals surface area contributed by atoms with Crippen LogP contribution in [0.4, 0.5) is 5.69 Å². The van der Waals surface area contributed by atoms with E-state index in [1.165, 1.54) is 36.3 Å². The van der Waals surface area contributed by atoms with E-state index in [1.807, 2.05) is 12.1 Å². The maximum atomic E-state index is 14.1. The van der Waals surface area contributed by atoms with Crippen LogP contribution in [-0.2, 0) is 26.2 Å². The lowest BCUT2D eigenvalue weighted by Gasteiger charge is -2.33. The smallest absolute Gasteiger partial charge is 0.264 e. The highest BCUT2D eigenvalue weighted by atomic mass is 35.5. The van der Waals surface area contributed by atoms with Gasteiger partial charge in [-0.3, -0.25) is 13.9 Å². The third-order valence-corrected chi connectivity index (χ3v) is 9.75. The van der Waals surface area contributed by atoms with Crippen LogP contribution in [0.2, 0.25) is 5.02 Å². The molecule has 1 atom stereocenters. The maximum Gasteiger partial charge on any atom is 0.264 e. The SMILES string of the molecule is COc1ccc(CN(C(=O)CN(c2ccc(OC)c(Cl)c2)S(=O)(=O)c2ccccc2)C(C)C(=O)NC2CCCCC2)cc1. The lowest BCUT2D eigenvalue weighted by atomic mass is 9.95. The van der Waals surface area contributed by atoms with Crippen molar-refractivity contribution in [1.82, 2.24) is 10.2 Å². The van der Waals surface area contributed by atoms with Gasteiger partial charge in [0.05, 0.1) is 29.8 Å². The number of benzene rings is 3. The molecule has 9 nitrogen and oxygen atoms in total. The lowest BCUT2D eigenvalue weighted by molar-refractivity contribution is -0.139. The van der Waals surface area contributed by atoms with Crippen molar-refractivity contribution in [3.63, 3.8) is 0 Å². The predicted octanol–water partition coefficient (Wildman–Crippen LogP) is 5.42. The summed E-state index contributed by atoms with van der Waals surface area (Å²) in [5.74, 6) is 0.191. The van der Waals surface area contributed by atoms with Crippen molar-refractivity contribution in [3.8, 4) is 11.5 Å². The topological polar surface area (TPSA) is 105 Å². The van der Waals surface area contributed by atoms with Crippen LogP contribution >= 0.6 is 11.6 Å². The van der Waals surface area contributed by atoms with E-state index in [4.69, 9.17) is 21.1 Å². The first kappa shape index (κ1) is 32.2. The van der Waals surface area contributed by atoms with Crippen LogP contribution in [0.3, 0.4) is 0 Å². The zero-order valence-corrected chi connectivity index (χ0v) is 26.2. The number of nitrogens with one attached hydrogen (secondary N) is 1. The van der Waals surface area contributed by atoms with Crippen molar-refractivity contribution in [1.29, 1.82) is 0 Å². The third kappa shape index (κ3) is 8.00. The molecule has 0 aromatic heterocycles. The number of carbonyl (C=O) groups excluding carboxylic acids is 2. The van der Waals surface area contributed by atoms with E-state index in [9.17, 15) is 18.0 Å². The van der Waals surface area contributed by atoms with Gasteiger partial charge >= 0.3 is 0 Å². The van der Waals surface area contributed by atoms with Gasteiger partial charge in [0.15, 0.2) is 0 Å². The highest BCUT2D eigenvalue weighted by Crippen LogP contribution is 2.32. The van der Waals surface area contributed by atoms with Crippen molar-refractivity contribution in [3.05, 3.63) is 83.4 Å².